The fraction of sp³-hybridized carbons (Fsp3) is 0.273. The van der Waals surface area contributed by atoms with Crippen LogP contribution in [-0.4, -0.2) is 20.1 Å². The number of hydrogen-bond donors (Lipinski definition) is 1. The first kappa shape index (κ1) is 14.9. The molecule has 0 bridgehead atoms. The van der Waals surface area contributed by atoms with E-state index >= 15 is 0 Å². The van der Waals surface area contributed by atoms with Crippen molar-refractivity contribution < 1.29 is 22.7 Å². The van der Waals surface area contributed by atoms with Crippen molar-refractivity contribution in [2.75, 3.05) is 0 Å². The van der Waals surface area contributed by atoms with Crippen LogP contribution in [0.5, 0.6) is 0 Å². The van der Waals surface area contributed by atoms with Gasteiger partial charge in [0.05, 0.1) is 5.56 Å². The van der Waals surface area contributed by atoms with Gasteiger partial charge >= 0.3 is 6.18 Å². The molecule has 0 aliphatic carbocycles. The number of aromatic nitrogens is 3. The number of alkyl halides is 3. The predicted molar refractivity (Wildman–Crippen MR) is 64.2 cm³/mol. The van der Waals surface area contributed by atoms with Crippen LogP contribution in [0.4, 0.5) is 17.6 Å². The zero-order valence-electron chi connectivity index (χ0n) is 9.99. The summed E-state index contributed by atoms with van der Waals surface area (Å²) in [5.41, 5.74) is -1.27. The summed E-state index contributed by atoms with van der Waals surface area (Å²) in [5.74, 6) is -1.08. The Morgan fingerprint density at radius 3 is 2.45 bits per heavy atom. The zero-order valence-corrected chi connectivity index (χ0v) is 11.6. The highest BCUT2D eigenvalue weighted by Gasteiger charge is 2.32. The number of aryl methyl sites for hydroxylation is 1. The highest BCUT2D eigenvalue weighted by Crippen LogP contribution is 2.34. The lowest BCUT2D eigenvalue weighted by atomic mass is 10.0. The molecule has 0 saturated heterocycles. The first-order chi connectivity index (χ1) is 9.20. The average molecular weight is 354 g/mol. The van der Waals surface area contributed by atoms with Crippen LogP contribution in [-0.2, 0) is 13.2 Å². The molecule has 2 rings (SSSR count). The molecule has 108 valence electrons. The van der Waals surface area contributed by atoms with E-state index in [1.165, 1.54) is 11.7 Å². The smallest absolute Gasteiger partial charge is 0.382 e. The van der Waals surface area contributed by atoms with E-state index in [2.05, 4.69) is 26.2 Å². The van der Waals surface area contributed by atoms with Gasteiger partial charge in [-0.3, -0.25) is 0 Å². The van der Waals surface area contributed by atoms with Crippen molar-refractivity contribution in [3.8, 4) is 0 Å². The molecule has 1 unspecified atom stereocenters. The molecule has 20 heavy (non-hydrogen) atoms. The first-order valence-electron chi connectivity index (χ1n) is 5.31. The maximum atomic E-state index is 13.3. The second kappa shape index (κ2) is 5.13. The van der Waals surface area contributed by atoms with E-state index in [-0.39, 0.29) is 15.9 Å². The topological polar surface area (TPSA) is 50.9 Å². The van der Waals surface area contributed by atoms with Gasteiger partial charge < -0.3 is 5.11 Å². The second-order valence-electron chi connectivity index (χ2n) is 4.06. The second-order valence-corrected chi connectivity index (χ2v) is 4.81. The van der Waals surface area contributed by atoms with Crippen molar-refractivity contribution in [1.82, 2.24) is 15.0 Å². The Kier molecular flexibility index (Phi) is 3.83. The molecule has 2 aromatic rings. The summed E-state index contributed by atoms with van der Waals surface area (Å²) in [6.45, 7) is 0. The monoisotopic (exact) mass is 353 g/mol. The Labute approximate surface area is 119 Å². The minimum absolute atomic E-state index is 0.128. The third-order valence-electron chi connectivity index (χ3n) is 2.65. The molecule has 0 amide bonds. The van der Waals surface area contributed by atoms with E-state index in [1.807, 2.05) is 0 Å². The minimum Gasteiger partial charge on any atom is -0.382 e. The van der Waals surface area contributed by atoms with Crippen LogP contribution >= 0.6 is 15.9 Å². The molecule has 0 saturated carbocycles. The highest BCUT2D eigenvalue weighted by atomic mass is 79.9. The van der Waals surface area contributed by atoms with E-state index in [1.54, 1.807) is 0 Å². The zero-order chi connectivity index (χ0) is 15.1. The number of aliphatic hydroxyl groups excluding tert-OH is 1. The lowest BCUT2D eigenvalue weighted by Crippen LogP contribution is -2.11. The third kappa shape index (κ3) is 2.83. The molecule has 0 fully saturated rings. The van der Waals surface area contributed by atoms with Crippen LogP contribution < -0.4 is 0 Å². The summed E-state index contributed by atoms with van der Waals surface area (Å²) >= 11 is 3.02. The van der Waals surface area contributed by atoms with E-state index in [4.69, 9.17) is 0 Å². The Morgan fingerprint density at radius 1 is 1.30 bits per heavy atom. The van der Waals surface area contributed by atoms with Gasteiger partial charge in [0.25, 0.3) is 0 Å². The summed E-state index contributed by atoms with van der Waals surface area (Å²) in [6.07, 6.45) is -6.18. The average Bonchev–Trinajstić information content (AvgIpc) is 2.66. The van der Waals surface area contributed by atoms with Crippen molar-refractivity contribution in [2.24, 2.45) is 7.05 Å². The summed E-state index contributed by atoms with van der Waals surface area (Å²) in [6, 6.07) is 1.89. The maximum absolute atomic E-state index is 13.3. The summed E-state index contributed by atoms with van der Waals surface area (Å²) in [7, 11) is 1.46. The SMILES string of the molecule is Cn1nnc(Br)c1C(O)c1cc(F)cc(C(F)(F)F)c1. The quantitative estimate of drug-likeness (QED) is 0.844. The standard InChI is InChI=1S/C11H8BrF4N3O/c1-19-8(10(12)17-18-19)9(20)5-2-6(11(14,15)16)4-7(13)3-5/h2-4,9,20H,1H3. The Balaban J connectivity index is 2.50. The predicted octanol–water partition coefficient (Wildman–Crippen LogP) is 2.82. The van der Waals surface area contributed by atoms with Gasteiger partial charge in [-0.2, -0.15) is 13.2 Å². The van der Waals surface area contributed by atoms with Crippen LogP contribution in [0.1, 0.15) is 22.9 Å². The number of aliphatic hydroxyl groups is 1. The molecule has 4 nitrogen and oxygen atoms in total. The van der Waals surface area contributed by atoms with Gasteiger partial charge in [0, 0.05) is 7.05 Å². The summed E-state index contributed by atoms with van der Waals surface area (Å²) < 4.78 is 52.5. The van der Waals surface area contributed by atoms with Crippen LogP contribution in [0.15, 0.2) is 22.8 Å². The van der Waals surface area contributed by atoms with Crippen LogP contribution in [0.2, 0.25) is 0 Å². The molecule has 0 spiro atoms. The number of benzene rings is 1. The number of halogens is 5. The Morgan fingerprint density at radius 2 is 1.95 bits per heavy atom. The molecule has 9 heteroatoms. The van der Waals surface area contributed by atoms with Gasteiger partial charge in [-0.1, -0.05) is 5.21 Å². The molecular formula is C11H8BrF4N3O. The van der Waals surface area contributed by atoms with Gasteiger partial charge in [-0.25, -0.2) is 9.07 Å². The third-order valence-corrected chi connectivity index (χ3v) is 3.21. The fourth-order valence-corrected chi connectivity index (χ4v) is 2.27. The largest absolute Gasteiger partial charge is 0.416 e. The Hall–Kier alpha value is -1.48. The maximum Gasteiger partial charge on any atom is 0.416 e. The van der Waals surface area contributed by atoms with Gasteiger partial charge in [-0.15, -0.1) is 5.10 Å². The van der Waals surface area contributed by atoms with Crippen molar-refractivity contribution in [3.63, 3.8) is 0 Å². The molecule has 1 atom stereocenters. The fourth-order valence-electron chi connectivity index (χ4n) is 1.72. The number of nitrogens with zero attached hydrogens (tertiary/aromatic N) is 3. The molecule has 1 N–H and O–H groups in total. The van der Waals surface area contributed by atoms with Crippen molar-refractivity contribution in [3.05, 3.63) is 45.4 Å². The van der Waals surface area contributed by atoms with Crippen LogP contribution in [0, 0.1) is 5.82 Å². The van der Waals surface area contributed by atoms with Gasteiger partial charge in [0.2, 0.25) is 0 Å². The van der Waals surface area contributed by atoms with E-state index < -0.39 is 23.7 Å². The molecular weight excluding hydrogens is 346 g/mol. The van der Waals surface area contributed by atoms with Crippen molar-refractivity contribution >= 4 is 15.9 Å². The molecule has 0 aliphatic rings. The van der Waals surface area contributed by atoms with Crippen LogP contribution in [0.3, 0.4) is 0 Å². The highest BCUT2D eigenvalue weighted by molar-refractivity contribution is 9.10. The lowest BCUT2D eigenvalue weighted by molar-refractivity contribution is -0.137. The molecule has 1 heterocycles. The number of hydrogen-bond acceptors (Lipinski definition) is 3. The van der Waals surface area contributed by atoms with E-state index in [0.29, 0.717) is 12.1 Å². The lowest BCUT2D eigenvalue weighted by Gasteiger charge is -2.14. The van der Waals surface area contributed by atoms with Gasteiger partial charge in [0.1, 0.15) is 17.6 Å². The number of rotatable bonds is 2. The summed E-state index contributed by atoms with van der Waals surface area (Å²) in [5, 5.41) is 17.3. The minimum atomic E-state index is -4.70. The van der Waals surface area contributed by atoms with E-state index in [9.17, 15) is 22.7 Å². The van der Waals surface area contributed by atoms with Gasteiger partial charge in [0.15, 0.2) is 4.60 Å². The summed E-state index contributed by atoms with van der Waals surface area (Å²) in [4.78, 5) is 0. The van der Waals surface area contributed by atoms with Gasteiger partial charge in [-0.05, 0) is 39.7 Å². The van der Waals surface area contributed by atoms with Crippen LogP contribution in [0.25, 0.3) is 0 Å². The van der Waals surface area contributed by atoms with E-state index in [0.717, 1.165) is 6.07 Å². The molecule has 0 aliphatic heterocycles. The first-order valence-corrected chi connectivity index (χ1v) is 6.10. The van der Waals surface area contributed by atoms with Crippen molar-refractivity contribution in [2.45, 2.75) is 12.3 Å². The van der Waals surface area contributed by atoms with Crippen molar-refractivity contribution in [1.29, 1.82) is 0 Å². The molecule has 1 aromatic carbocycles. The molecule has 0 radical (unpaired) electrons. The molecule has 1 aromatic heterocycles. The normalized spacial score (nSPS) is 13.6. The Bertz CT molecular complexity index is 622.